The molecule has 0 aliphatic rings. The summed E-state index contributed by atoms with van der Waals surface area (Å²) in [5.41, 5.74) is -2.30. The standard InChI is InChI=1S/C15H13NO7/c17-12(18)8-15(22,14(20)21)9-13(19)23-16-7-3-5-10-4-1-2-6-11(10)16/h1-7,22H,8-9H2,(H-,17,18,20,21). The highest BCUT2D eigenvalue weighted by molar-refractivity contribution is 5.87. The van der Waals surface area contributed by atoms with Crippen LogP contribution in [0.3, 0.4) is 0 Å². The lowest BCUT2D eigenvalue weighted by Crippen LogP contribution is -2.54. The predicted molar refractivity (Wildman–Crippen MR) is 72.6 cm³/mol. The van der Waals surface area contributed by atoms with Crippen LogP contribution in [0.15, 0.2) is 42.6 Å². The molecule has 8 heteroatoms. The number of carbonyl (C=O) groups is 3. The zero-order valence-electron chi connectivity index (χ0n) is 11.8. The van der Waals surface area contributed by atoms with Crippen LogP contribution in [0.2, 0.25) is 0 Å². The van der Waals surface area contributed by atoms with E-state index in [9.17, 15) is 24.6 Å². The number of benzene rings is 1. The summed E-state index contributed by atoms with van der Waals surface area (Å²) in [4.78, 5) is 38.4. The fourth-order valence-electron chi connectivity index (χ4n) is 2.05. The Kier molecular flexibility index (Phi) is 4.56. The third-order valence-electron chi connectivity index (χ3n) is 3.13. The number of fused-ring (bicyclic) bond motifs is 1. The van der Waals surface area contributed by atoms with E-state index < -0.39 is 36.4 Å². The Morgan fingerprint density at radius 1 is 1.13 bits per heavy atom. The molecule has 2 N–H and O–H groups in total. The molecule has 1 unspecified atom stereocenters. The first-order valence-electron chi connectivity index (χ1n) is 6.58. The molecule has 1 heterocycles. The van der Waals surface area contributed by atoms with Crippen molar-refractivity contribution >= 4 is 28.8 Å². The summed E-state index contributed by atoms with van der Waals surface area (Å²) < 4.78 is 1.11. The summed E-state index contributed by atoms with van der Waals surface area (Å²) in [6.45, 7) is 0. The van der Waals surface area contributed by atoms with E-state index in [-0.39, 0.29) is 0 Å². The van der Waals surface area contributed by atoms with E-state index in [0.29, 0.717) is 5.52 Å². The van der Waals surface area contributed by atoms with Crippen molar-refractivity contribution in [2.45, 2.75) is 18.4 Å². The van der Waals surface area contributed by atoms with Crippen LogP contribution in [0.1, 0.15) is 12.8 Å². The first-order valence-corrected chi connectivity index (χ1v) is 6.58. The zero-order valence-corrected chi connectivity index (χ0v) is 11.8. The number of nitrogens with zero attached hydrogens (tertiary/aromatic N) is 1. The molecule has 0 aliphatic heterocycles. The molecular weight excluding hydrogens is 306 g/mol. The first-order chi connectivity index (χ1) is 10.8. The molecule has 8 nitrogen and oxygen atoms in total. The maximum atomic E-state index is 11.9. The van der Waals surface area contributed by atoms with Crippen molar-refractivity contribution in [2.75, 3.05) is 0 Å². The van der Waals surface area contributed by atoms with E-state index in [1.165, 1.54) is 6.20 Å². The molecule has 0 fully saturated rings. The number of carboxylic acid groups (broad SMARTS) is 2. The molecule has 0 bridgehead atoms. The van der Waals surface area contributed by atoms with Gasteiger partial charge >= 0.3 is 11.9 Å². The molecule has 0 spiro atoms. The van der Waals surface area contributed by atoms with Crippen LogP contribution in [0.25, 0.3) is 10.9 Å². The summed E-state index contributed by atoms with van der Waals surface area (Å²) in [5, 5.41) is 30.1. The van der Waals surface area contributed by atoms with E-state index in [1.54, 1.807) is 36.4 Å². The number of hydrogen-bond acceptors (Lipinski definition) is 6. The Morgan fingerprint density at radius 2 is 1.78 bits per heavy atom. The van der Waals surface area contributed by atoms with Gasteiger partial charge in [0.05, 0.1) is 24.2 Å². The van der Waals surface area contributed by atoms with E-state index in [0.717, 1.165) is 10.1 Å². The topological polar surface area (TPSA) is 128 Å². The van der Waals surface area contributed by atoms with Crippen LogP contribution in [-0.2, 0) is 14.4 Å². The van der Waals surface area contributed by atoms with Crippen molar-refractivity contribution in [3.63, 3.8) is 0 Å². The number of aliphatic carboxylic acids is 2. The fourth-order valence-corrected chi connectivity index (χ4v) is 2.05. The van der Waals surface area contributed by atoms with Crippen molar-refractivity contribution in [3.05, 3.63) is 42.6 Å². The molecule has 23 heavy (non-hydrogen) atoms. The van der Waals surface area contributed by atoms with Crippen LogP contribution in [0, 0.1) is 0 Å². The largest absolute Gasteiger partial charge is 0.547 e. The molecule has 2 rings (SSSR count). The maximum absolute atomic E-state index is 11.9. The lowest BCUT2D eigenvalue weighted by molar-refractivity contribution is -0.848. The number of hydrogen-bond donors (Lipinski definition) is 2. The Labute approximate surface area is 130 Å². The van der Waals surface area contributed by atoms with Crippen LogP contribution in [-0.4, -0.2) is 33.7 Å². The maximum Gasteiger partial charge on any atom is 0.383 e. The van der Waals surface area contributed by atoms with Gasteiger partial charge in [-0.25, -0.2) is 4.79 Å². The van der Waals surface area contributed by atoms with Gasteiger partial charge < -0.3 is 20.1 Å². The van der Waals surface area contributed by atoms with Gasteiger partial charge in [-0.1, -0.05) is 12.1 Å². The smallest absolute Gasteiger partial charge is 0.383 e. The van der Waals surface area contributed by atoms with Gasteiger partial charge in [-0.2, -0.15) is 4.84 Å². The molecule has 0 aliphatic carbocycles. The molecule has 1 aromatic carbocycles. The SMILES string of the molecule is O=C(O)CC(O)(CC(=O)O[n+]1cccc2ccccc21)C(=O)[O-]. The molecule has 2 aromatic rings. The number of pyridine rings is 1. The van der Waals surface area contributed by atoms with Gasteiger partial charge in [0.25, 0.3) is 5.52 Å². The molecule has 0 saturated carbocycles. The Balaban J connectivity index is 2.20. The third-order valence-corrected chi connectivity index (χ3v) is 3.13. The third kappa shape index (κ3) is 3.80. The number of para-hydroxylation sites is 1. The van der Waals surface area contributed by atoms with Gasteiger partial charge in [0.15, 0.2) is 0 Å². The average Bonchev–Trinajstić information content (AvgIpc) is 2.46. The summed E-state index contributed by atoms with van der Waals surface area (Å²) in [7, 11) is 0. The van der Waals surface area contributed by atoms with E-state index in [2.05, 4.69) is 0 Å². The lowest BCUT2D eigenvalue weighted by atomic mass is 9.96. The number of carbonyl (C=O) groups excluding carboxylic acids is 2. The Bertz CT molecular complexity index is 768. The monoisotopic (exact) mass is 319 g/mol. The van der Waals surface area contributed by atoms with Crippen molar-refractivity contribution in [3.8, 4) is 0 Å². The zero-order chi connectivity index (χ0) is 17.0. The average molecular weight is 319 g/mol. The second-order valence-electron chi connectivity index (χ2n) is 4.92. The van der Waals surface area contributed by atoms with E-state index in [4.69, 9.17) is 9.94 Å². The molecule has 1 aromatic heterocycles. The highest BCUT2D eigenvalue weighted by atomic mass is 16.7. The van der Waals surface area contributed by atoms with Gasteiger partial charge in [-0.15, -0.1) is 0 Å². The number of aliphatic hydroxyl groups is 1. The molecular formula is C15H13NO7. The van der Waals surface area contributed by atoms with Gasteiger partial charge in [-0.05, 0) is 12.1 Å². The van der Waals surface area contributed by atoms with Crippen molar-refractivity contribution in [1.82, 2.24) is 0 Å². The fraction of sp³-hybridized carbons (Fsp3) is 0.200. The van der Waals surface area contributed by atoms with E-state index in [1.807, 2.05) is 0 Å². The predicted octanol–water partition coefficient (Wildman–Crippen LogP) is -1.57. The van der Waals surface area contributed by atoms with Crippen molar-refractivity contribution in [2.24, 2.45) is 0 Å². The van der Waals surface area contributed by atoms with Gasteiger partial charge in [0, 0.05) is 16.9 Å². The summed E-state index contributed by atoms with van der Waals surface area (Å²) in [6, 6.07) is 10.3. The van der Waals surface area contributed by atoms with Crippen LogP contribution >= 0.6 is 0 Å². The minimum atomic E-state index is -2.84. The molecule has 0 radical (unpaired) electrons. The van der Waals surface area contributed by atoms with E-state index >= 15 is 0 Å². The normalized spacial score (nSPS) is 13.3. The minimum absolute atomic E-state index is 0.540. The molecule has 120 valence electrons. The lowest BCUT2D eigenvalue weighted by Gasteiger charge is -2.25. The second kappa shape index (κ2) is 6.41. The van der Waals surface area contributed by atoms with Gasteiger partial charge in [0.2, 0.25) is 6.20 Å². The van der Waals surface area contributed by atoms with Crippen LogP contribution in [0.5, 0.6) is 0 Å². The minimum Gasteiger partial charge on any atom is -0.547 e. The Morgan fingerprint density at radius 3 is 2.43 bits per heavy atom. The highest BCUT2D eigenvalue weighted by Crippen LogP contribution is 2.15. The van der Waals surface area contributed by atoms with Crippen LogP contribution in [0.4, 0.5) is 0 Å². The highest BCUT2D eigenvalue weighted by Gasteiger charge is 2.37. The molecule has 1 atom stereocenters. The number of rotatable bonds is 6. The van der Waals surface area contributed by atoms with Crippen molar-refractivity contribution < 1.29 is 39.3 Å². The number of carboxylic acids is 2. The van der Waals surface area contributed by atoms with Gasteiger partial charge in [-0.3, -0.25) is 4.79 Å². The molecule has 0 amide bonds. The first kappa shape index (κ1) is 16.4. The Hall–Kier alpha value is -3.00. The molecule has 0 saturated heterocycles. The number of aromatic nitrogens is 1. The van der Waals surface area contributed by atoms with Crippen molar-refractivity contribution in [1.29, 1.82) is 0 Å². The summed E-state index contributed by atoms with van der Waals surface area (Å²) >= 11 is 0. The summed E-state index contributed by atoms with van der Waals surface area (Å²) in [5.74, 6) is -4.75. The quantitative estimate of drug-likeness (QED) is 0.615. The van der Waals surface area contributed by atoms with Crippen LogP contribution < -0.4 is 14.7 Å². The second-order valence-corrected chi connectivity index (χ2v) is 4.92. The van der Waals surface area contributed by atoms with Gasteiger partial charge in [0.1, 0.15) is 5.60 Å². The summed E-state index contributed by atoms with van der Waals surface area (Å²) in [6.07, 6.45) is -0.808.